The van der Waals surface area contributed by atoms with Crippen LogP contribution in [-0.2, 0) is 16.1 Å². The molecule has 3 rings (SSSR count). The Morgan fingerprint density at radius 3 is 2.54 bits per heavy atom. The van der Waals surface area contributed by atoms with Gasteiger partial charge in [-0.25, -0.2) is 4.79 Å². The van der Waals surface area contributed by atoms with Crippen molar-refractivity contribution in [3.05, 3.63) is 29.8 Å². The molecule has 1 saturated carbocycles. The molecule has 0 bridgehead atoms. The molecule has 154 valence electrons. The first-order chi connectivity index (χ1) is 13.3. The monoisotopic (exact) mass is 388 g/mol. The van der Waals surface area contributed by atoms with E-state index in [1.807, 2.05) is 45.0 Å². The summed E-state index contributed by atoms with van der Waals surface area (Å²) < 4.78 is 11.6. The van der Waals surface area contributed by atoms with Gasteiger partial charge in [-0.2, -0.15) is 0 Å². The third-order valence-electron chi connectivity index (χ3n) is 5.20. The fraction of sp³-hybridized carbons (Fsp3) is 0.636. The summed E-state index contributed by atoms with van der Waals surface area (Å²) in [5.41, 5.74) is 0.390. The summed E-state index contributed by atoms with van der Waals surface area (Å²) in [5, 5.41) is 2.99. The van der Waals surface area contributed by atoms with Crippen LogP contribution < -0.4 is 10.1 Å². The Kier molecular flexibility index (Phi) is 6.47. The van der Waals surface area contributed by atoms with Gasteiger partial charge >= 0.3 is 6.09 Å². The van der Waals surface area contributed by atoms with Crippen molar-refractivity contribution in [2.45, 2.75) is 83.6 Å². The van der Waals surface area contributed by atoms with Crippen LogP contribution in [0.5, 0.6) is 5.75 Å². The summed E-state index contributed by atoms with van der Waals surface area (Å²) in [5.74, 6) is 0.698. The van der Waals surface area contributed by atoms with Gasteiger partial charge in [0.15, 0.2) is 0 Å². The molecule has 0 spiro atoms. The van der Waals surface area contributed by atoms with Crippen LogP contribution in [-0.4, -0.2) is 41.2 Å². The molecular weight excluding hydrogens is 356 g/mol. The molecule has 1 aliphatic carbocycles. The van der Waals surface area contributed by atoms with E-state index < -0.39 is 17.7 Å². The number of rotatable bonds is 5. The number of hydrogen-bond acceptors (Lipinski definition) is 4. The van der Waals surface area contributed by atoms with E-state index >= 15 is 0 Å². The van der Waals surface area contributed by atoms with Crippen LogP contribution in [0.15, 0.2) is 24.3 Å². The number of amides is 2. The number of hydrogen-bond donors (Lipinski definition) is 1. The summed E-state index contributed by atoms with van der Waals surface area (Å²) >= 11 is 0. The van der Waals surface area contributed by atoms with Crippen molar-refractivity contribution in [1.82, 2.24) is 10.2 Å². The lowest BCUT2D eigenvalue weighted by molar-refractivity contribution is -0.125. The van der Waals surface area contributed by atoms with E-state index in [0.717, 1.165) is 30.6 Å². The van der Waals surface area contributed by atoms with Crippen molar-refractivity contribution in [3.8, 4) is 5.75 Å². The molecule has 0 radical (unpaired) electrons. The molecule has 1 atom stereocenters. The topological polar surface area (TPSA) is 67.9 Å². The van der Waals surface area contributed by atoms with Gasteiger partial charge in [0.2, 0.25) is 5.91 Å². The zero-order valence-electron chi connectivity index (χ0n) is 17.2. The van der Waals surface area contributed by atoms with Gasteiger partial charge in [0.05, 0.1) is 6.10 Å². The second-order valence-electron chi connectivity index (χ2n) is 8.68. The predicted octanol–water partition coefficient (Wildman–Crippen LogP) is 4.02. The lowest BCUT2D eigenvalue weighted by Gasteiger charge is -2.28. The van der Waals surface area contributed by atoms with Crippen LogP contribution in [0.1, 0.15) is 64.9 Å². The van der Waals surface area contributed by atoms with E-state index in [0.29, 0.717) is 19.5 Å². The Morgan fingerprint density at radius 1 is 1.11 bits per heavy atom. The summed E-state index contributed by atoms with van der Waals surface area (Å²) in [7, 11) is 0. The number of ether oxygens (including phenoxy) is 2. The Bertz CT molecular complexity index is 692. The number of carbonyl (C=O) groups is 2. The minimum atomic E-state index is -0.572. The van der Waals surface area contributed by atoms with Crippen molar-refractivity contribution >= 4 is 12.0 Å². The first-order valence-electron chi connectivity index (χ1n) is 10.4. The maximum atomic E-state index is 12.8. The first kappa shape index (κ1) is 20.5. The lowest BCUT2D eigenvalue weighted by Crippen LogP contribution is -2.47. The quantitative estimate of drug-likeness (QED) is 0.827. The molecule has 1 N–H and O–H groups in total. The zero-order valence-corrected chi connectivity index (χ0v) is 17.2. The molecule has 1 unspecified atom stereocenters. The fourth-order valence-electron chi connectivity index (χ4n) is 3.83. The highest BCUT2D eigenvalue weighted by Gasteiger charge is 2.36. The van der Waals surface area contributed by atoms with Gasteiger partial charge in [0.1, 0.15) is 17.4 Å². The maximum Gasteiger partial charge on any atom is 0.410 e. The molecule has 1 saturated heterocycles. The summed E-state index contributed by atoms with van der Waals surface area (Å²) in [4.78, 5) is 26.7. The third kappa shape index (κ3) is 5.40. The summed E-state index contributed by atoms with van der Waals surface area (Å²) in [6.45, 7) is 6.43. The van der Waals surface area contributed by atoms with E-state index in [1.165, 1.54) is 12.8 Å². The Balaban J connectivity index is 1.58. The van der Waals surface area contributed by atoms with Gasteiger partial charge < -0.3 is 14.8 Å². The van der Waals surface area contributed by atoms with Crippen LogP contribution in [0.2, 0.25) is 0 Å². The van der Waals surface area contributed by atoms with E-state index in [2.05, 4.69) is 5.32 Å². The van der Waals surface area contributed by atoms with Gasteiger partial charge in [-0.3, -0.25) is 9.69 Å². The number of para-hydroxylation sites is 1. The van der Waals surface area contributed by atoms with Crippen molar-refractivity contribution in [3.63, 3.8) is 0 Å². The van der Waals surface area contributed by atoms with E-state index in [9.17, 15) is 9.59 Å². The molecule has 1 aromatic carbocycles. The third-order valence-corrected chi connectivity index (χ3v) is 5.20. The Hall–Kier alpha value is -2.24. The van der Waals surface area contributed by atoms with E-state index in [1.54, 1.807) is 4.90 Å². The molecule has 2 aliphatic rings. The smallest absolute Gasteiger partial charge is 0.410 e. The number of nitrogens with zero attached hydrogens (tertiary/aromatic N) is 1. The molecule has 0 aromatic heterocycles. The number of nitrogens with one attached hydrogen (secondary N) is 1. The summed E-state index contributed by atoms with van der Waals surface area (Å²) in [6.07, 6.45) is 5.92. The molecule has 6 heteroatoms. The molecule has 1 aromatic rings. The largest absolute Gasteiger partial charge is 0.490 e. The average Bonchev–Trinajstić information content (AvgIpc) is 3.31. The van der Waals surface area contributed by atoms with Gasteiger partial charge in [0.25, 0.3) is 0 Å². The molecule has 28 heavy (non-hydrogen) atoms. The average molecular weight is 389 g/mol. The minimum Gasteiger partial charge on any atom is -0.490 e. The minimum absolute atomic E-state index is 0.140. The van der Waals surface area contributed by atoms with Crippen molar-refractivity contribution < 1.29 is 19.1 Å². The van der Waals surface area contributed by atoms with Gasteiger partial charge in [-0.15, -0.1) is 0 Å². The maximum absolute atomic E-state index is 12.8. The van der Waals surface area contributed by atoms with Crippen LogP contribution in [0, 0.1) is 0 Å². The molecule has 6 nitrogen and oxygen atoms in total. The zero-order chi connectivity index (χ0) is 20.1. The molecule has 1 heterocycles. The highest BCUT2D eigenvalue weighted by Crippen LogP contribution is 2.27. The molecule has 2 fully saturated rings. The second-order valence-corrected chi connectivity index (χ2v) is 8.68. The van der Waals surface area contributed by atoms with Crippen LogP contribution >= 0.6 is 0 Å². The number of likely N-dealkylation sites (tertiary alicyclic amines) is 1. The highest BCUT2D eigenvalue weighted by molar-refractivity contribution is 5.86. The first-order valence-corrected chi connectivity index (χ1v) is 10.4. The lowest BCUT2D eigenvalue weighted by atomic mass is 10.1. The SMILES string of the molecule is CC(C)(C)OC(=O)N1CCCC1C(=O)NCc1ccccc1OC1CCCC1. The number of benzene rings is 1. The van der Waals surface area contributed by atoms with Crippen LogP contribution in [0.4, 0.5) is 4.79 Å². The Morgan fingerprint density at radius 2 is 1.82 bits per heavy atom. The second kappa shape index (κ2) is 8.84. The predicted molar refractivity (Wildman–Crippen MR) is 107 cm³/mol. The van der Waals surface area contributed by atoms with Gasteiger partial charge in [0, 0.05) is 18.7 Å². The van der Waals surface area contributed by atoms with Crippen molar-refractivity contribution in [2.24, 2.45) is 0 Å². The number of carbonyl (C=O) groups excluding carboxylic acids is 2. The Labute approximate surface area is 167 Å². The van der Waals surface area contributed by atoms with Gasteiger partial charge in [-0.1, -0.05) is 18.2 Å². The normalized spacial score (nSPS) is 20.2. The fourth-order valence-corrected chi connectivity index (χ4v) is 3.83. The van der Waals surface area contributed by atoms with Crippen LogP contribution in [0.25, 0.3) is 0 Å². The highest BCUT2D eigenvalue weighted by atomic mass is 16.6. The van der Waals surface area contributed by atoms with E-state index in [-0.39, 0.29) is 12.0 Å². The molecule has 1 aliphatic heterocycles. The van der Waals surface area contributed by atoms with E-state index in [4.69, 9.17) is 9.47 Å². The van der Waals surface area contributed by atoms with Crippen molar-refractivity contribution in [2.75, 3.05) is 6.54 Å². The summed E-state index contributed by atoms with van der Waals surface area (Å²) in [6, 6.07) is 7.37. The van der Waals surface area contributed by atoms with Gasteiger partial charge in [-0.05, 0) is 65.4 Å². The molecule has 2 amide bonds. The van der Waals surface area contributed by atoms with Crippen molar-refractivity contribution in [1.29, 1.82) is 0 Å². The standard InChI is InChI=1S/C22H32N2O4/c1-22(2,3)28-21(26)24-14-8-12-18(24)20(25)23-15-16-9-4-7-13-19(16)27-17-10-5-6-11-17/h4,7,9,13,17-18H,5-6,8,10-12,14-15H2,1-3H3,(H,23,25). The van der Waals surface area contributed by atoms with Crippen LogP contribution in [0.3, 0.4) is 0 Å². The molecular formula is C22H32N2O4.